The van der Waals surface area contributed by atoms with Crippen LogP contribution in [0.25, 0.3) is 12.2 Å². The zero-order chi connectivity index (χ0) is 23.5. The third-order valence-corrected chi connectivity index (χ3v) is 3.87. The van der Waals surface area contributed by atoms with Crippen molar-refractivity contribution in [2.24, 2.45) is 0 Å². The van der Waals surface area contributed by atoms with Gasteiger partial charge in [-0.25, -0.2) is 9.59 Å². The first-order chi connectivity index (χ1) is 15.2. The first-order valence-corrected chi connectivity index (χ1v) is 9.41. The molecular formula is C23H22O9. The maximum atomic E-state index is 11.9. The summed E-state index contributed by atoms with van der Waals surface area (Å²) in [5.74, 6) is -2.63. The Morgan fingerprint density at radius 3 is 1.88 bits per heavy atom. The molecule has 0 aliphatic heterocycles. The van der Waals surface area contributed by atoms with Crippen LogP contribution < -0.4 is 0 Å². The minimum Gasteiger partial charge on any atom is -0.508 e. The van der Waals surface area contributed by atoms with E-state index in [0.717, 1.165) is 6.08 Å². The van der Waals surface area contributed by atoms with Crippen molar-refractivity contribution in [2.75, 3.05) is 13.2 Å². The molecule has 0 heterocycles. The van der Waals surface area contributed by atoms with Gasteiger partial charge in [0.15, 0.2) is 17.6 Å². The molecule has 0 bridgehead atoms. The van der Waals surface area contributed by atoms with E-state index in [4.69, 9.17) is 14.2 Å². The van der Waals surface area contributed by atoms with E-state index >= 15 is 0 Å². The summed E-state index contributed by atoms with van der Waals surface area (Å²) in [5, 5.41) is 27.9. The van der Waals surface area contributed by atoms with Gasteiger partial charge in [-0.1, -0.05) is 18.2 Å². The fourth-order valence-corrected chi connectivity index (χ4v) is 2.36. The van der Waals surface area contributed by atoms with Crippen LogP contribution in [-0.4, -0.2) is 52.5 Å². The van der Waals surface area contributed by atoms with Crippen molar-refractivity contribution in [1.82, 2.24) is 0 Å². The molecule has 3 N–H and O–H groups in total. The van der Waals surface area contributed by atoms with Gasteiger partial charge >= 0.3 is 17.9 Å². The second kappa shape index (κ2) is 11.8. The number of phenols is 3. The first-order valence-electron chi connectivity index (χ1n) is 9.41. The molecule has 0 radical (unpaired) electrons. The van der Waals surface area contributed by atoms with Gasteiger partial charge in [-0.2, -0.15) is 0 Å². The number of rotatable bonds is 9. The lowest BCUT2D eigenvalue weighted by molar-refractivity contribution is -0.162. The second-order valence-electron chi connectivity index (χ2n) is 6.50. The maximum absolute atomic E-state index is 11.9. The predicted molar refractivity (Wildman–Crippen MR) is 113 cm³/mol. The normalized spacial score (nSPS) is 11.9. The molecule has 0 unspecified atom stereocenters. The van der Waals surface area contributed by atoms with Gasteiger partial charge in [-0.3, -0.25) is 4.79 Å². The Labute approximate surface area is 183 Å². The Morgan fingerprint density at radius 2 is 1.34 bits per heavy atom. The summed E-state index contributed by atoms with van der Waals surface area (Å²) in [7, 11) is 0. The Morgan fingerprint density at radius 1 is 0.812 bits per heavy atom. The van der Waals surface area contributed by atoms with Crippen molar-refractivity contribution in [2.45, 2.75) is 13.0 Å². The molecule has 2 aromatic carbocycles. The molecule has 0 fully saturated rings. The zero-order valence-corrected chi connectivity index (χ0v) is 17.1. The quantitative estimate of drug-likeness (QED) is 0.231. The van der Waals surface area contributed by atoms with Gasteiger partial charge in [0.2, 0.25) is 0 Å². The summed E-state index contributed by atoms with van der Waals surface area (Å²) in [6.07, 6.45) is 4.08. The molecule has 0 saturated heterocycles. The van der Waals surface area contributed by atoms with Crippen LogP contribution in [-0.2, 0) is 28.6 Å². The van der Waals surface area contributed by atoms with Gasteiger partial charge in [0, 0.05) is 19.1 Å². The van der Waals surface area contributed by atoms with Gasteiger partial charge in [-0.15, -0.1) is 0 Å². The van der Waals surface area contributed by atoms with Crippen LogP contribution in [0, 0.1) is 0 Å². The summed E-state index contributed by atoms with van der Waals surface area (Å²) >= 11 is 0. The Hall–Kier alpha value is -4.27. The molecule has 0 amide bonds. The van der Waals surface area contributed by atoms with E-state index in [0.29, 0.717) is 11.1 Å². The largest absolute Gasteiger partial charge is 0.508 e. The van der Waals surface area contributed by atoms with Gasteiger partial charge in [0.1, 0.15) is 19.0 Å². The van der Waals surface area contributed by atoms with Gasteiger partial charge in [0.25, 0.3) is 0 Å². The molecule has 9 nitrogen and oxygen atoms in total. The lowest BCUT2D eigenvalue weighted by Gasteiger charge is -2.16. The molecule has 2 aromatic rings. The fraction of sp³-hybridized carbons (Fsp3) is 0.174. The second-order valence-corrected chi connectivity index (χ2v) is 6.50. The topological polar surface area (TPSA) is 140 Å². The van der Waals surface area contributed by atoms with Gasteiger partial charge in [0.05, 0.1) is 0 Å². The summed E-state index contributed by atoms with van der Waals surface area (Å²) < 4.78 is 15.0. The van der Waals surface area contributed by atoms with E-state index in [1.807, 2.05) is 0 Å². The van der Waals surface area contributed by atoms with Crippen molar-refractivity contribution in [3.05, 3.63) is 65.7 Å². The number of carbonyl (C=O) groups is 3. The van der Waals surface area contributed by atoms with Crippen molar-refractivity contribution >= 4 is 30.1 Å². The molecule has 1 atom stereocenters. The van der Waals surface area contributed by atoms with E-state index in [1.165, 1.54) is 55.5 Å². The number of carbonyl (C=O) groups excluding carboxylic acids is 3. The highest BCUT2D eigenvalue weighted by Gasteiger charge is 2.16. The third kappa shape index (κ3) is 8.62. The average molecular weight is 442 g/mol. The smallest absolute Gasteiger partial charge is 0.330 e. The lowest BCUT2D eigenvalue weighted by atomic mass is 10.2. The standard InChI is InChI=1S/C23H22O9/c1-15(24)32-19(13-30-22(28)10-5-16-2-7-18(25)8-3-16)14-31-23(29)11-6-17-4-9-20(26)21(27)12-17/h2-12,19,25-27H,13-14H2,1H3/b10-5+,11-6+/t19-/m1/s1. The molecule has 0 spiro atoms. The highest BCUT2D eigenvalue weighted by atomic mass is 16.6. The van der Waals surface area contributed by atoms with Crippen LogP contribution >= 0.6 is 0 Å². The first kappa shape index (κ1) is 24.0. The monoisotopic (exact) mass is 442 g/mol. The molecule has 0 aliphatic carbocycles. The molecular weight excluding hydrogens is 420 g/mol. The fourth-order valence-electron chi connectivity index (χ4n) is 2.36. The van der Waals surface area contributed by atoms with Crippen molar-refractivity contribution < 1.29 is 43.9 Å². The highest BCUT2D eigenvalue weighted by Crippen LogP contribution is 2.25. The van der Waals surface area contributed by atoms with E-state index in [1.54, 1.807) is 12.1 Å². The minimum atomic E-state index is -1.01. The van der Waals surface area contributed by atoms with Gasteiger partial charge in [-0.05, 0) is 47.5 Å². The average Bonchev–Trinajstić information content (AvgIpc) is 2.75. The molecule has 0 aliphatic rings. The Kier molecular flexibility index (Phi) is 8.85. The molecule has 0 saturated carbocycles. The minimum absolute atomic E-state index is 0.0968. The third-order valence-electron chi connectivity index (χ3n) is 3.87. The number of hydrogen-bond acceptors (Lipinski definition) is 9. The van der Waals surface area contributed by atoms with E-state index in [9.17, 15) is 29.7 Å². The van der Waals surface area contributed by atoms with Gasteiger partial charge < -0.3 is 29.5 Å². The number of esters is 3. The maximum Gasteiger partial charge on any atom is 0.330 e. The predicted octanol–water partition coefficient (Wildman–Crippen LogP) is 2.55. The Balaban J connectivity index is 1.85. The van der Waals surface area contributed by atoms with E-state index < -0.39 is 24.0 Å². The molecule has 168 valence electrons. The zero-order valence-electron chi connectivity index (χ0n) is 17.1. The van der Waals surface area contributed by atoms with Crippen molar-refractivity contribution in [3.8, 4) is 17.2 Å². The van der Waals surface area contributed by atoms with Crippen LogP contribution in [0.2, 0.25) is 0 Å². The van der Waals surface area contributed by atoms with Crippen molar-refractivity contribution in [1.29, 1.82) is 0 Å². The summed E-state index contributed by atoms with van der Waals surface area (Å²) in [6, 6.07) is 10.1. The number of aromatic hydroxyl groups is 3. The van der Waals surface area contributed by atoms with E-state index in [-0.39, 0.29) is 30.5 Å². The summed E-state index contributed by atoms with van der Waals surface area (Å²) in [5.41, 5.74) is 1.11. The highest BCUT2D eigenvalue weighted by molar-refractivity contribution is 5.87. The van der Waals surface area contributed by atoms with Crippen molar-refractivity contribution in [3.63, 3.8) is 0 Å². The molecule has 9 heteroatoms. The van der Waals surface area contributed by atoms with Crippen LogP contribution in [0.1, 0.15) is 18.1 Å². The van der Waals surface area contributed by atoms with Crippen LogP contribution in [0.3, 0.4) is 0 Å². The number of ether oxygens (including phenoxy) is 3. The molecule has 0 aromatic heterocycles. The van der Waals surface area contributed by atoms with Crippen LogP contribution in [0.5, 0.6) is 17.2 Å². The summed E-state index contributed by atoms with van der Waals surface area (Å²) in [4.78, 5) is 35.0. The summed E-state index contributed by atoms with van der Waals surface area (Å²) in [6.45, 7) is 0.484. The molecule has 32 heavy (non-hydrogen) atoms. The van der Waals surface area contributed by atoms with Crippen LogP contribution in [0.15, 0.2) is 54.6 Å². The SMILES string of the molecule is CC(=O)O[C@H](COC(=O)/C=C/c1ccc(O)cc1)COC(=O)/C=C/c1ccc(O)c(O)c1. The Bertz CT molecular complexity index is 1010. The van der Waals surface area contributed by atoms with Crippen LogP contribution in [0.4, 0.5) is 0 Å². The molecule has 2 rings (SSSR count). The number of phenolic OH excluding ortho intramolecular Hbond substituents is 3. The number of hydrogen-bond donors (Lipinski definition) is 3. The van der Waals surface area contributed by atoms with E-state index in [2.05, 4.69) is 0 Å². The lowest BCUT2D eigenvalue weighted by Crippen LogP contribution is -2.29. The number of benzene rings is 2.